The lowest BCUT2D eigenvalue weighted by atomic mass is 10.0. The van der Waals surface area contributed by atoms with Gasteiger partial charge in [0.05, 0.1) is 18.8 Å². The molecule has 0 aliphatic heterocycles. The van der Waals surface area contributed by atoms with Crippen LogP contribution in [0.25, 0.3) is 0 Å². The van der Waals surface area contributed by atoms with Crippen LogP contribution in [0.3, 0.4) is 0 Å². The minimum Gasteiger partial charge on any atom is -0.394 e. The Bertz CT molecular complexity index is 699. The molecule has 0 rings (SSSR count). The average Bonchev–Trinajstić information content (AvgIpc) is 3.12. The molecule has 0 bridgehead atoms. The summed E-state index contributed by atoms with van der Waals surface area (Å²) in [4.78, 5) is 12.4. The van der Waals surface area contributed by atoms with Crippen molar-refractivity contribution >= 4 is 5.91 Å². The molecule has 0 fully saturated rings. The van der Waals surface area contributed by atoms with Gasteiger partial charge in [0.2, 0.25) is 5.91 Å². The number of hydrogen-bond donors (Lipinski definition) is 4. The van der Waals surface area contributed by atoms with E-state index in [4.69, 9.17) is 0 Å². The molecular formula is C45H89NO4. The van der Waals surface area contributed by atoms with Gasteiger partial charge >= 0.3 is 0 Å². The van der Waals surface area contributed by atoms with Crippen LogP contribution in [0.1, 0.15) is 245 Å². The lowest BCUT2D eigenvalue weighted by molar-refractivity contribution is -0.131. The number of carbonyl (C=O) groups is 1. The molecule has 0 aliphatic rings. The molecule has 0 spiro atoms. The molecule has 298 valence electrons. The molecule has 5 heteroatoms. The average molecular weight is 708 g/mol. The van der Waals surface area contributed by atoms with E-state index in [1.165, 1.54) is 193 Å². The summed E-state index contributed by atoms with van der Waals surface area (Å²) < 4.78 is 0. The maximum Gasteiger partial charge on any atom is 0.249 e. The Hall–Kier alpha value is -0.910. The van der Waals surface area contributed by atoms with Crippen LogP contribution in [0.4, 0.5) is 0 Å². The van der Waals surface area contributed by atoms with Crippen molar-refractivity contribution in [1.82, 2.24) is 5.32 Å². The Morgan fingerprint density at radius 3 is 1.10 bits per heavy atom. The molecular weight excluding hydrogens is 618 g/mol. The Morgan fingerprint density at radius 2 is 0.780 bits per heavy atom. The van der Waals surface area contributed by atoms with E-state index in [9.17, 15) is 20.1 Å². The van der Waals surface area contributed by atoms with Gasteiger partial charge in [0.15, 0.2) is 0 Å². The summed E-state index contributed by atoms with van der Waals surface area (Å²) in [6.45, 7) is 4.19. The summed E-state index contributed by atoms with van der Waals surface area (Å²) >= 11 is 0. The van der Waals surface area contributed by atoms with E-state index in [1.54, 1.807) is 6.08 Å². The molecule has 0 aromatic rings. The van der Waals surface area contributed by atoms with E-state index in [1.807, 2.05) is 6.08 Å². The molecule has 0 aromatic carbocycles. The minimum atomic E-state index is -1.09. The summed E-state index contributed by atoms with van der Waals surface area (Å²) in [7, 11) is 0. The third-order valence-corrected chi connectivity index (χ3v) is 10.6. The molecule has 0 radical (unpaired) electrons. The Morgan fingerprint density at radius 1 is 0.480 bits per heavy atom. The predicted octanol–water partition coefficient (Wildman–Crippen LogP) is 12.8. The van der Waals surface area contributed by atoms with Gasteiger partial charge in [-0.1, -0.05) is 238 Å². The fourth-order valence-electron chi connectivity index (χ4n) is 7.07. The topological polar surface area (TPSA) is 89.8 Å². The van der Waals surface area contributed by atoms with Gasteiger partial charge in [-0.25, -0.2) is 0 Å². The molecule has 1 amide bonds. The first-order valence-corrected chi connectivity index (χ1v) is 22.5. The van der Waals surface area contributed by atoms with Crippen LogP contribution in [0.5, 0.6) is 0 Å². The molecule has 3 unspecified atom stereocenters. The summed E-state index contributed by atoms with van der Waals surface area (Å²) in [6.07, 6.45) is 48.3. The smallest absolute Gasteiger partial charge is 0.249 e. The fraction of sp³-hybridized carbons (Fsp3) is 0.933. The van der Waals surface area contributed by atoms with Gasteiger partial charge in [0, 0.05) is 0 Å². The number of aliphatic hydroxyl groups is 3. The van der Waals surface area contributed by atoms with Gasteiger partial charge in [-0.05, 0) is 19.3 Å². The number of allylic oxidation sites excluding steroid dienone is 1. The number of hydrogen-bond acceptors (Lipinski definition) is 4. The highest BCUT2D eigenvalue weighted by molar-refractivity contribution is 5.80. The standard InChI is InChI=1S/C45H89NO4/c1-3-5-7-9-11-13-15-17-18-19-20-21-22-23-24-25-26-27-28-30-31-33-35-37-39-43(48)42(41-47)46-45(50)44(49)40-38-36-34-32-29-16-14-12-10-8-6-4-2/h37,39,42-44,47-49H,3-36,38,40-41H2,1-2H3,(H,46,50)/b39-37+. The number of nitrogens with one attached hydrogen (secondary N) is 1. The van der Waals surface area contributed by atoms with Gasteiger partial charge in [0.25, 0.3) is 0 Å². The normalized spacial score (nSPS) is 13.6. The summed E-state index contributed by atoms with van der Waals surface area (Å²) in [5.41, 5.74) is 0. The quantitative estimate of drug-likeness (QED) is 0.0376. The predicted molar refractivity (Wildman–Crippen MR) is 218 cm³/mol. The van der Waals surface area contributed by atoms with Crippen molar-refractivity contribution in [2.75, 3.05) is 6.61 Å². The second-order valence-electron chi connectivity index (χ2n) is 15.6. The zero-order valence-corrected chi connectivity index (χ0v) is 33.8. The number of carbonyl (C=O) groups excluding carboxylic acids is 1. The number of rotatable bonds is 41. The highest BCUT2D eigenvalue weighted by Gasteiger charge is 2.22. The van der Waals surface area contributed by atoms with E-state index < -0.39 is 24.2 Å². The second-order valence-corrected chi connectivity index (χ2v) is 15.6. The number of aliphatic hydroxyl groups excluding tert-OH is 3. The number of unbranched alkanes of at least 4 members (excludes halogenated alkanes) is 33. The first-order chi connectivity index (χ1) is 24.6. The van der Waals surface area contributed by atoms with E-state index in [2.05, 4.69) is 19.2 Å². The van der Waals surface area contributed by atoms with Gasteiger partial charge in [0.1, 0.15) is 6.10 Å². The second kappa shape index (κ2) is 40.9. The maximum atomic E-state index is 12.4. The van der Waals surface area contributed by atoms with Crippen molar-refractivity contribution in [3.8, 4) is 0 Å². The largest absolute Gasteiger partial charge is 0.394 e. The number of amides is 1. The van der Waals surface area contributed by atoms with E-state index in [-0.39, 0.29) is 6.61 Å². The third-order valence-electron chi connectivity index (χ3n) is 10.6. The first-order valence-electron chi connectivity index (χ1n) is 22.5. The van der Waals surface area contributed by atoms with Gasteiger partial charge in [-0.2, -0.15) is 0 Å². The Balaban J connectivity index is 3.59. The van der Waals surface area contributed by atoms with Crippen molar-refractivity contribution in [2.45, 2.75) is 263 Å². The van der Waals surface area contributed by atoms with Crippen molar-refractivity contribution in [3.05, 3.63) is 12.2 Å². The first kappa shape index (κ1) is 49.1. The third kappa shape index (κ3) is 35.5. The van der Waals surface area contributed by atoms with Crippen LogP contribution < -0.4 is 5.32 Å². The molecule has 0 aromatic heterocycles. The van der Waals surface area contributed by atoms with Crippen LogP contribution >= 0.6 is 0 Å². The van der Waals surface area contributed by atoms with Crippen LogP contribution in [-0.2, 0) is 4.79 Å². The van der Waals surface area contributed by atoms with Crippen LogP contribution in [-0.4, -0.2) is 46.1 Å². The Kier molecular flexibility index (Phi) is 40.1. The van der Waals surface area contributed by atoms with Gasteiger partial charge in [-0.15, -0.1) is 0 Å². The molecule has 4 N–H and O–H groups in total. The summed E-state index contributed by atoms with van der Waals surface area (Å²) in [5, 5.41) is 33.1. The van der Waals surface area contributed by atoms with Crippen LogP contribution in [0.2, 0.25) is 0 Å². The minimum absolute atomic E-state index is 0.359. The van der Waals surface area contributed by atoms with Crippen molar-refractivity contribution < 1.29 is 20.1 Å². The van der Waals surface area contributed by atoms with E-state index >= 15 is 0 Å². The van der Waals surface area contributed by atoms with Gasteiger partial charge in [-0.3, -0.25) is 4.79 Å². The molecule has 0 saturated carbocycles. The molecule has 3 atom stereocenters. The molecule has 0 aliphatic carbocycles. The van der Waals surface area contributed by atoms with Crippen molar-refractivity contribution in [3.63, 3.8) is 0 Å². The molecule has 0 saturated heterocycles. The lowest BCUT2D eigenvalue weighted by Gasteiger charge is -2.21. The molecule has 5 nitrogen and oxygen atoms in total. The van der Waals surface area contributed by atoms with E-state index in [0.717, 1.165) is 32.1 Å². The van der Waals surface area contributed by atoms with Crippen LogP contribution in [0.15, 0.2) is 12.2 Å². The lowest BCUT2D eigenvalue weighted by Crippen LogP contribution is -2.48. The van der Waals surface area contributed by atoms with Crippen LogP contribution in [0, 0.1) is 0 Å². The SMILES string of the molecule is CCCCCCCCCCCCCCCCCCCCCCCC/C=C/C(O)C(CO)NC(=O)C(O)CCCCCCCCCCCCCC. The summed E-state index contributed by atoms with van der Waals surface area (Å²) in [5.74, 6) is -0.501. The van der Waals surface area contributed by atoms with Crippen molar-refractivity contribution in [2.24, 2.45) is 0 Å². The monoisotopic (exact) mass is 708 g/mol. The van der Waals surface area contributed by atoms with Gasteiger partial charge < -0.3 is 20.6 Å². The Labute approximate surface area is 312 Å². The maximum absolute atomic E-state index is 12.4. The van der Waals surface area contributed by atoms with Crippen molar-refractivity contribution in [1.29, 1.82) is 0 Å². The van der Waals surface area contributed by atoms with E-state index in [0.29, 0.717) is 6.42 Å². The molecule has 50 heavy (non-hydrogen) atoms. The summed E-state index contributed by atoms with van der Waals surface area (Å²) in [6, 6.07) is -0.792. The molecule has 0 heterocycles. The zero-order chi connectivity index (χ0) is 36.6. The fourth-order valence-corrected chi connectivity index (χ4v) is 7.07. The zero-order valence-electron chi connectivity index (χ0n) is 33.8. The highest BCUT2D eigenvalue weighted by atomic mass is 16.3. The highest BCUT2D eigenvalue weighted by Crippen LogP contribution is 2.16.